The van der Waals surface area contributed by atoms with Gasteiger partial charge in [-0.15, -0.1) is 0 Å². The van der Waals surface area contributed by atoms with Gasteiger partial charge in [-0.1, -0.05) is 101 Å². The van der Waals surface area contributed by atoms with E-state index in [1.807, 2.05) is 24.3 Å². The first-order valence-electron chi connectivity index (χ1n) is 10.2. The van der Waals surface area contributed by atoms with Crippen molar-refractivity contribution in [2.24, 2.45) is 0 Å². The summed E-state index contributed by atoms with van der Waals surface area (Å²) in [6.07, 6.45) is 1.56. The molecule has 0 aliphatic rings. The zero-order valence-electron chi connectivity index (χ0n) is 18.2. The molecule has 0 radical (unpaired) electrons. The van der Waals surface area contributed by atoms with E-state index in [1.165, 1.54) is 11.1 Å². The summed E-state index contributed by atoms with van der Waals surface area (Å²) in [7, 11) is 0. The maximum absolute atomic E-state index is 6.26. The molecule has 0 amide bonds. The average Bonchev–Trinajstić information content (AvgIpc) is 2.67. The van der Waals surface area contributed by atoms with Gasteiger partial charge in [0.05, 0.1) is 0 Å². The van der Waals surface area contributed by atoms with Crippen molar-refractivity contribution in [1.29, 1.82) is 0 Å². The summed E-state index contributed by atoms with van der Waals surface area (Å²) in [4.78, 5) is 0. The number of nitrogens with one attached hydrogen (secondary N) is 2. The third-order valence-electron chi connectivity index (χ3n) is 6.05. The molecule has 2 aromatic carbocycles. The van der Waals surface area contributed by atoms with Gasteiger partial charge in [0.1, 0.15) is 6.17 Å². The second-order valence-electron chi connectivity index (χ2n) is 8.89. The van der Waals surface area contributed by atoms with Crippen LogP contribution in [0.25, 0.3) is 0 Å². The van der Waals surface area contributed by atoms with Crippen molar-refractivity contribution >= 4 is 46.2 Å². The molecule has 0 unspecified atom stereocenters. The Bertz CT molecular complexity index is 714. The van der Waals surface area contributed by atoms with Crippen molar-refractivity contribution in [2.45, 2.75) is 75.2 Å². The van der Waals surface area contributed by atoms with E-state index >= 15 is 0 Å². The number of hydrogen-bond acceptors (Lipinski definition) is 2. The van der Waals surface area contributed by atoms with Gasteiger partial charge in [0, 0.05) is 11.4 Å². The molecule has 0 atom stereocenters. The second-order valence-corrected chi connectivity index (χ2v) is 11.3. The van der Waals surface area contributed by atoms with Gasteiger partial charge in [0.25, 0.3) is 0 Å². The first kappa shape index (κ1) is 24.2. The first-order valence-corrected chi connectivity index (χ1v) is 11.3. The highest BCUT2D eigenvalue weighted by Gasteiger charge is 2.33. The summed E-state index contributed by atoms with van der Waals surface area (Å²) in [5.74, 6) is 0. The maximum Gasteiger partial charge on any atom is 0.228 e. The predicted octanol–water partition coefficient (Wildman–Crippen LogP) is 8.28. The first-order chi connectivity index (χ1) is 13.4. The zero-order valence-corrected chi connectivity index (χ0v) is 20.5. The van der Waals surface area contributed by atoms with Gasteiger partial charge in [-0.25, -0.2) is 0 Å². The number of hydrogen-bond donors (Lipinski definition) is 2. The van der Waals surface area contributed by atoms with Crippen LogP contribution in [0.1, 0.15) is 65.5 Å². The smallest absolute Gasteiger partial charge is 0.228 e. The van der Waals surface area contributed by atoms with Crippen LogP contribution < -0.4 is 10.6 Å². The van der Waals surface area contributed by atoms with Crippen molar-refractivity contribution in [2.75, 3.05) is 10.6 Å². The van der Waals surface area contributed by atoms with Crippen LogP contribution in [-0.2, 0) is 10.8 Å². The van der Waals surface area contributed by atoms with E-state index in [2.05, 4.69) is 76.4 Å². The Morgan fingerprint density at radius 1 is 0.655 bits per heavy atom. The molecule has 2 rings (SSSR count). The molecule has 0 bridgehead atoms. The lowest BCUT2D eigenvalue weighted by atomic mass is 9.82. The Hall–Kier alpha value is -1.09. The van der Waals surface area contributed by atoms with Gasteiger partial charge in [-0.3, -0.25) is 0 Å². The van der Waals surface area contributed by atoms with Gasteiger partial charge in [-0.2, -0.15) is 0 Å². The van der Waals surface area contributed by atoms with E-state index in [9.17, 15) is 0 Å². The molecule has 0 spiro atoms. The normalized spacial score (nSPS) is 12.9. The van der Waals surface area contributed by atoms with Crippen LogP contribution in [0.4, 0.5) is 11.4 Å². The van der Waals surface area contributed by atoms with Gasteiger partial charge < -0.3 is 10.6 Å². The van der Waals surface area contributed by atoms with Gasteiger partial charge in [0.2, 0.25) is 3.79 Å². The van der Waals surface area contributed by atoms with Gasteiger partial charge >= 0.3 is 0 Å². The topological polar surface area (TPSA) is 24.1 Å². The highest BCUT2D eigenvalue weighted by molar-refractivity contribution is 6.68. The molecule has 0 saturated carbocycles. The summed E-state index contributed by atoms with van der Waals surface area (Å²) >= 11 is 18.8. The highest BCUT2D eigenvalue weighted by atomic mass is 35.6. The molecule has 2 nitrogen and oxygen atoms in total. The Labute approximate surface area is 191 Å². The van der Waals surface area contributed by atoms with E-state index in [1.54, 1.807) is 0 Å². The SMILES string of the molecule is CCC(C)(C)c1ccc(NC(Nc2ccc(C(C)(C)CC)cc2)C(Cl)(Cl)Cl)cc1. The highest BCUT2D eigenvalue weighted by Crippen LogP contribution is 2.34. The van der Waals surface area contributed by atoms with E-state index in [0.29, 0.717) is 0 Å². The molecule has 29 heavy (non-hydrogen) atoms. The van der Waals surface area contributed by atoms with Crippen LogP contribution in [0.15, 0.2) is 48.5 Å². The number of anilines is 2. The summed E-state index contributed by atoms with van der Waals surface area (Å²) in [5.41, 5.74) is 4.65. The summed E-state index contributed by atoms with van der Waals surface area (Å²) in [6, 6.07) is 16.6. The van der Waals surface area contributed by atoms with E-state index in [0.717, 1.165) is 24.2 Å². The Morgan fingerprint density at radius 2 is 0.966 bits per heavy atom. The largest absolute Gasteiger partial charge is 0.362 e. The van der Waals surface area contributed by atoms with Gasteiger partial charge in [-0.05, 0) is 59.1 Å². The van der Waals surface area contributed by atoms with E-state index in [4.69, 9.17) is 34.8 Å². The minimum atomic E-state index is -1.53. The molecule has 0 aliphatic heterocycles. The minimum Gasteiger partial charge on any atom is -0.362 e. The third kappa shape index (κ3) is 6.44. The summed E-state index contributed by atoms with van der Waals surface area (Å²) in [6.45, 7) is 13.4. The molecular formula is C24H33Cl3N2. The zero-order chi connectivity index (χ0) is 21.9. The summed E-state index contributed by atoms with van der Waals surface area (Å²) < 4.78 is -1.53. The lowest BCUT2D eigenvalue weighted by Crippen LogP contribution is -2.40. The predicted molar refractivity (Wildman–Crippen MR) is 131 cm³/mol. The van der Waals surface area contributed by atoms with Crippen LogP contribution in [0, 0.1) is 0 Å². The Kier molecular flexibility index (Phi) is 7.81. The van der Waals surface area contributed by atoms with Crippen molar-refractivity contribution in [3.63, 3.8) is 0 Å². The Balaban J connectivity index is 2.17. The number of rotatable bonds is 8. The molecule has 0 fully saturated rings. The standard InChI is InChI=1S/C24H33Cl3N2/c1-7-22(3,4)17-9-13-19(14-10-17)28-21(24(25,26)27)29-20-15-11-18(12-16-20)23(5,6)8-2/h9-16,21,28-29H,7-8H2,1-6H3. The van der Waals surface area contributed by atoms with E-state index < -0.39 is 9.96 Å². The molecule has 2 N–H and O–H groups in total. The lowest BCUT2D eigenvalue weighted by molar-refractivity contribution is 0.506. The molecule has 0 aromatic heterocycles. The second kappa shape index (κ2) is 9.37. The maximum atomic E-state index is 6.26. The fourth-order valence-electron chi connectivity index (χ4n) is 2.98. The summed E-state index contributed by atoms with van der Waals surface area (Å²) in [5, 5.41) is 6.63. The van der Waals surface area contributed by atoms with Crippen molar-refractivity contribution in [3.05, 3.63) is 59.7 Å². The molecule has 160 valence electrons. The Morgan fingerprint density at radius 3 is 1.21 bits per heavy atom. The molecule has 0 saturated heterocycles. The molecule has 2 aromatic rings. The van der Waals surface area contributed by atoms with Crippen molar-refractivity contribution in [1.82, 2.24) is 0 Å². The van der Waals surface area contributed by atoms with E-state index in [-0.39, 0.29) is 10.8 Å². The fourth-order valence-corrected chi connectivity index (χ4v) is 3.30. The van der Waals surface area contributed by atoms with Crippen LogP contribution >= 0.6 is 34.8 Å². The van der Waals surface area contributed by atoms with Crippen LogP contribution in [0.5, 0.6) is 0 Å². The number of halogens is 3. The molecule has 0 aliphatic carbocycles. The van der Waals surface area contributed by atoms with Crippen LogP contribution in [-0.4, -0.2) is 9.96 Å². The lowest BCUT2D eigenvalue weighted by Gasteiger charge is -2.29. The molecule has 0 heterocycles. The minimum absolute atomic E-state index is 0.138. The monoisotopic (exact) mass is 454 g/mol. The molecular weight excluding hydrogens is 423 g/mol. The van der Waals surface area contributed by atoms with Crippen molar-refractivity contribution < 1.29 is 0 Å². The van der Waals surface area contributed by atoms with Crippen LogP contribution in [0.2, 0.25) is 0 Å². The number of alkyl halides is 3. The molecule has 5 heteroatoms. The van der Waals surface area contributed by atoms with Gasteiger partial charge in [0.15, 0.2) is 0 Å². The third-order valence-corrected chi connectivity index (χ3v) is 6.70. The van der Waals surface area contributed by atoms with Crippen LogP contribution in [0.3, 0.4) is 0 Å². The fraction of sp³-hybridized carbons (Fsp3) is 0.500. The number of benzene rings is 2. The quantitative estimate of drug-likeness (QED) is 0.309. The van der Waals surface area contributed by atoms with Crippen molar-refractivity contribution in [3.8, 4) is 0 Å². The average molecular weight is 456 g/mol.